The van der Waals surface area contributed by atoms with Gasteiger partial charge < -0.3 is 9.73 Å². The molecule has 1 N–H and O–H groups in total. The Morgan fingerprint density at radius 2 is 2.17 bits per heavy atom. The van der Waals surface area contributed by atoms with Gasteiger partial charge in [-0.2, -0.15) is 0 Å². The van der Waals surface area contributed by atoms with Crippen LogP contribution in [0.4, 0.5) is 5.82 Å². The summed E-state index contributed by atoms with van der Waals surface area (Å²) in [6.45, 7) is 4.68. The van der Waals surface area contributed by atoms with Gasteiger partial charge in [-0.15, -0.1) is 0 Å². The quantitative estimate of drug-likeness (QED) is 0.856. The van der Waals surface area contributed by atoms with Crippen LogP contribution in [-0.2, 0) is 13.0 Å². The van der Waals surface area contributed by atoms with Crippen LogP contribution in [0, 0.1) is 6.92 Å². The number of hydrogen-bond donors (Lipinski definition) is 1. The van der Waals surface area contributed by atoms with Gasteiger partial charge in [-0.05, 0) is 41.4 Å². The molecule has 0 fully saturated rings. The van der Waals surface area contributed by atoms with Crippen LogP contribution >= 0.6 is 15.9 Å². The normalized spacial score (nSPS) is 10.6. The molecule has 2 heterocycles. The largest absolute Gasteiger partial charge is 0.465 e. The highest BCUT2D eigenvalue weighted by Crippen LogP contribution is 2.15. The summed E-state index contributed by atoms with van der Waals surface area (Å²) >= 11 is 3.40. The van der Waals surface area contributed by atoms with Crippen molar-refractivity contribution in [2.75, 3.05) is 5.32 Å². The second-order valence-corrected chi connectivity index (χ2v) is 4.92. The number of halogens is 1. The van der Waals surface area contributed by atoms with E-state index in [9.17, 15) is 0 Å². The van der Waals surface area contributed by atoms with Crippen molar-refractivity contribution in [3.05, 3.63) is 40.1 Å². The molecule has 0 radical (unpaired) electrons. The van der Waals surface area contributed by atoms with Crippen LogP contribution in [0.15, 0.2) is 27.2 Å². The van der Waals surface area contributed by atoms with Crippen molar-refractivity contribution >= 4 is 21.7 Å². The van der Waals surface area contributed by atoms with Crippen LogP contribution in [0.3, 0.4) is 0 Å². The number of hydrogen-bond acceptors (Lipinski definition) is 4. The van der Waals surface area contributed by atoms with Crippen LogP contribution in [0.25, 0.3) is 0 Å². The number of furan rings is 1. The summed E-state index contributed by atoms with van der Waals surface area (Å²) in [5.41, 5.74) is 0. The van der Waals surface area contributed by atoms with E-state index in [0.29, 0.717) is 6.54 Å². The Hall–Kier alpha value is -1.36. The average molecular weight is 310 g/mol. The number of rotatable bonds is 5. The van der Waals surface area contributed by atoms with Gasteiger partial charge in [0.2, 0.25) is 0 Å². The third-order valence-electron chi connectivity index (χ3n) is 2.45. The predicted molar refractivity (Wildman–Crippen MR) is 74.5 cm³/mol. The van der Waals surface area contributed by atoms with Gasteiger partial charge in [0, 0.05) is 12.5 Å². The van der Waals surface area contributed by atoms with Crippen LogP contribution in [0.1, 0.15) is 30.7 Å². The lowest BCUT2D eigenvalue weighted by Crippen LogP contribution is -2.04. The summed E-state index contributed by atoms with van der Waals surface area (Å²) in [4.78, 5) is 8.78. The molecule has 0 saturated heterocycles. The van der Waals surface area contributed by atoms with Crippen molar-refractivity contribution in [1.82, 2.24) is 9.97 Å². The number of aryl methyl sites for hydroxylation is 2. The first-order valence-corrected chi connectivity index (χ1v) is 6.79. The van der Waals surface area contributed by atoms with Gasteiger partial charge in [0.25, 0.3) is 0 Å². The molecule has 0 atom stereocenters. The molecule has 0 aromatic carbocycles. The van der Waals surface area contributed by atoms with Crippen molar-refractivity contribution < 1.29 is 4.42 Å². The topological polar surface area (TPSA) is 51.0 Å². The van der Waals surface area contributed by atoms with Crippen LogP contribution in [0.2, 0.25) is 0 Å². The number of aromatic nitrogens is 2. The second-order valence-electron chi connectivity index (χ2n) is 4.11. The van der Waals surface area contributed by atoms with E-state index in [1.54, 1.807) is 0 Å². The summed E-state index contributed by atoms with van der Waals surface area (Å²) in [5, 5.41) is 3.24. The van der Waals surface area contributed by atoms with E-state index in [1.807, 2.05) is 25.1 Å². The maximum Gasteiger partial charge on any atom is 0.132 e. The van der Waals surface area contributed by atoms with E-state index in [1.165, 1.54) is 0 Å². The fourth-order valence-electron chi connectivity index (χ4n) is 1.65. The standard InChI is InChI=1S/C13H16BrN3O/c1-3-4-12-16-11(14)7-13(17-12)15-8-10-6-5-9(2)18-10/h5-7H,3-4,8H2,1-2H3,(H,15,16,17). The Labute approximate surface area is 115 Å². The predicted octanol–water partition coefficient (Wildman–Crippen LogP) is 3.71. The van der Waals surface area contributed by atoms with E-state index in [4.69, 9.17) is 4.42 Å². The summed E-state index contributed by atoms with van der Waals surface area (Å²) in [7, 11) is 0. The maximum atomic E-state index is 5.50. The first kappa shape index (κ1) is 13.1. The number of nitrogens with zero attached hydrogens (tertiary/aromatic N) is 2. The maximum absolute atomic E-state index is 5.50. The minimum Gasteiger partial charge on any atom is -0.465 e. The van der Waals surface area contributed by atoms with Crippen molar-refractivity contribution in [1.29, 1.82) is 0 Å². The Bertz CT molecular complexity index is 525. The first-order chi connectivity index (χ1) is 8.67. The Morgan fingerprint density at radius 1 is 1.33 bits per heavy atom. The molecule has 2 aromatic rings. The molecule has 0 unspecified atom stereocenters. The van der Waals surface area contributed by atoms with Gasteiger partial charge in [-0.25, -0.2) is 9.97 Å². The van der Waals surface area contributed by atoms with Crippen molar-refractivity contribution in [2.45, 2.75) is 33.2 Å². The molecule has 0 aliphatic heterocycles. The number of anilines is 1. The highest BCUT2D eigenvalue weighted by atomic mass is 79.9. The zero-order chi connectivity index (χ0) is 13.0. The summed E-state index contributed by atoms with van der Waals surface area (Å²) in [6, 6.07) is 5.79. The van der Waals surface area contributed by atoms with E-state index in [0.717, 1.165) is 40.6 Å². The molecular formula is C13H16BrN3O. The third-order valence-corrected chi connectivity index (χ3v) is 2.86. The smallest absolute Gasteiger partial charge is 0.132 e. The molecule has 18 heavy (non-hydrogen) atoms. The zero-order valence-corrected chi connectivity index (χ0v) is 12.1. The van der Waals surface area contributed by atoms with Gasteiger partial charge in [-0.3, -0.25) is 0 Å². The van der Waals surface area contributed by atoms with E-state index in [2.05, 4.69) is 38.1 Å². The molecule has 0 amide bonds. The SMILES string of the molecule is CCCc1nc(Br)cc(NCc2ccc(C)o2)n1. The Kier molecular flexibility index (Phi) is 4.36. The fourth-order valence-corrected chi connectivity index (χ4v) is 2.07. The fraction of sp³-hybridized carbons (Fsp3) is 0.385. The average Bonchev–Trinajstić information content (AvgIpc) is 2.72. The van der Waals surface area contributed by atoms with Crippen molar-refractivity contribution in [2.24, 2.45) is 0 Å². The summed E-state index contributed by atoms with van der Waals surface area (Å²) in [6.07, 6.45) is 1.92. The molecule has 0 spiro atoms. The van der Waals surface area contributed by atoms with Crippen molar-refractivity contribution in [3.8, 4) is 0 Å². The van der Waals surface area contributed by atoms with Crippen LogP contribution in [-0.4, -0.2) is 9.97 Å². The molecule has 2 aromatic heterocycles. The van der Waals surface area contributed by atoms with Gasteiger partial charge in [0.1, 0.15) is 27.8 Å². The van der Waals surface area contributed by atoms with E-state index < -0.39 is 0 Å². The molecular weight excluding hydrogens is 294 g/mol. The Morgan fingerprint density at radius 3 is 2.83 bits per heavy atom. The first-order valence-electron chi connectivity index (χ1n) is 6.00. The van der Waals surface area contributed by atoms with E-state index in [-0.39, 0.29) is 0 Å². The minimum atomic E-state index is 0.628. The van der Waals surface area contributed by atoms with Gasteiger partial charge in [0.15, 0.2) is 0 Å². The minimum absolute atomic E-state index is 0.628. The van der Waals surface area contributed by atoms with Crippen LogP contribution < -0.4 is 5.32 Å². The molecule has 0 aliphatic rings. The highest BCUT2D eigenvalue weighted by molar-refractivity contribution is 9.10. The summed E-state index contributed by atoms with van der Waals surface area (Å²) < 4.78 is 6.30. The van der Waals surface area contributed by atoms with Crippen LogP contribution in [0.5, 0.6) is 0 Å². The monoisotopic (exact) mass is 309 g/mol. The Balaban J connectivity index is 2.04. The lowest BCUT2D eigenvalue weighted by molar-refractivity contribution is 0.490. The molecule has 0 bridgehead atoms. The highest BCUT2D eigenvalue weighted by Gasteiger charge is 2.04. The number of nitrogens with one attached hydrogen (secondary N) is 1. The molecule has 0 saturated carbocycles. The lowest BCUT2D eigenvalue weighted by Gasteiger charge is -2.06. The molecule has 4 nitrogen and oxygen atoms in total. The van der Waals surface area contributed by atoms with Gasteiger partial charge >= 0.3 is 0 Å². The van der Waals surface area contributed by atoms with Crippen molar-refractivity contribution in [3.63, 3.8) is 0 Å². The lowest BCUT2D eigenvalue weighted by atomic mass is 10.3. The van der Waals surface area contributed by atoms with Gasteiger partial charge in [0.05, 0.1) is 6.54 Å². The molecule has 96 valence electrons. The second kappa shape index (κ2) is 6.00. The molecule has 0 aliphatic carbocycles. The summed E-state index contributed by atoms with van der Waals surface area (Å²) in [5.74, 6) is 3.49. The zero-order valence-electron chi connectivity index (χ0n) is 10.5. The molecule has 5 heteroatoms. The van der Waals surface area contributed by atoms with Gasteiger partial charge in [-0.1, -0.05) is 6.92 Å². The third kappa shape index (κ3) is 3.57. The molecule has 2 rings (SSSR count). The van der Waals surface area contributed by atoms with E-state index >= 15 is 0 Å².